The first-order valence-electron chi connectivity index (χ1n) is 9.55. The van der Waals surface area contributed by atoms with Gasteiger partial charge in [0.05, 0.1) is 24.3 Å². The molecule has 12 nitrogen and oxygen atoms in total. The largest absolute Gasteiger partial charge is 0.494 e. The minimum atomic E-state index is -0.525. The molecule has 0 aliphatic carbocycles. The van der Waals surface area contributed by atoms with Crippen LogP contribution < -0.4 is 15.8 Å². The van der Waals surface area contributed by atoms with Crippen molar-refractivity contribution in [3.63, 3.8) is 0 Å². The first-order valence-corrected chi connectivity index (χ1v) is 9.55. The highest BCUT2D eigenvalue weighted by Crippen LogP contribution is 2.37. The SMILES string of the molecule is COc1cc([N+](=O)[O-])ccc1/N=N/c1c(N)nc(-c2cnccn2)nc1Nc1ccccc1. The number of methoxy groups -OCH3 is 1. The van der Waals surface area contributed by atoms with Crippen LogP contribution in [0.4, 0.5) is 34.4 Å². The predicted molar refractivity (Wildman–Crippen MR) is 121 cm³/mol. The number of anilines is 3. The summed E-state index contributed by atoms with van der Waals surface area (Å²) in [6.07, 6.45) is 4.58. The lowest BCUT2D eigenvalue weighted by atomic mass is 10.2. The molecule has 0 aliphatic heterocycles. The lowest BCUT2D eigenvalue weighted by molar-refractivity contribution is -0.384. The maximum absolute atomic E-state index is 11.0. The van der Waals surface area contributed by atoms with Crippen LogP contribution in [-0.4, -0.2) is 32.0 Å². The Morgan fingerprint density at radius 1 is 1.09 bits per heavy atom. The van der Waals surface area contributed by atoms with Crippen LogP contribution in [0.25, 0.3) is 11.5 Å². The average molecular weight is 443 g/mol. The lowest BCUT2D eigenvalue weighted by Gasteiger charge is -2.11. The highest BCUT2D eigenvalue weighted by atomic mass is 16.6. The second-order valence-corrected chi connectivity index (χ2v) is 6.52. The summed E-state index contributed by atoms with van der Waals surface area (Å²) in [7, 11) is 1.38. The van der Waals surface area contributed by atoms with Crippen LogP contribution in [0.5, 0.6) is 5.75 Å². The third-order valence-corrected chi connectivity index (χ3v) is 4.37. The van der Waals surface area contributed by atoms with E-state index in [1.165, 1.54) is 43.9 Å². The van der Waals surface area contributed by atoms with Gasteiger partial charge in [-0.1, -0.05) is 18.2 Å². The molecule has 0 aliphatic rings. The van der Waals surface area contributed by atoms with Gasteiger partial charge >= 0.3 is 0 Å². The zero-order valence-corrected chi connectivity index (χ0v) is 17.3. The number of para-hydroxylation sites is 1. The molecule has 2 heterocycles. The molecule has 4 aromatic rings. The van der Waals surface area contributed by atoms with E-state index in [1.807, 2.05) is 30.3 Å². The Bertz CT molecular complexity index is 1320. The number of nitrogen functional groups attached to an aromatic ring is 1. The first-order chi connectivity index (χ1) is 16.0. The third-order valence-electron chi connectivity index (χ3n) is 4.37. The molecule has 33 heavy (non-hydrogen) atoms. The number of nitro groups is 1. The number of benzene rings is 2. The van der Waals surface area contributed by atoms with E-state index in [2.05, 4.69) is 35.5 Å². The minimum Gasteiger partial charge on any atom is -0.494 e. The van der Waals surface area contributed by atoms with Gasteiger partial charge in [-0.15, -0.1) is 10.2 Å². The number of non-ortho nitro benzene ring substituents is 1. The molecule has 0 saturated heterocycles. The monoisotopic (exact) mass is 443 g/mol. The molecular weight excluding hydrogens is 426 g/mol. The molecule has 12 heteroatoms. The van der Waals surface area contributed by atoms with Crippen molar-refractivity contribution in [1.29, 1.82) is 0 Å². The minimum absolute atomic E-state index is 0.0497. The van der Waals surface area contributed by atoms with Gasteiger partial charge in [-0.25, -0.2) is 15.0 Å². The second-order valence-electron chi connectivity index (χ2n) is 6.52. The number of ether oxygens (including phenoxy) is 1. The number of nitrogens with one attached hydrogen (secondary N) is 1. The molecule has 0 unspecified atom stereocenters. The maximum Gasteiger partial charge on any atom is 0.273 e. The molecular formula is C21H17N9O3. The van der Waals surface area contributed by atoms with Gasteiger partial charge in [0.1, 0.15) is 11.4 Å². The van der Waals surface area contributed by atoms with E-state index < -0.39 is 4.92 Å². The van der Waals surface area contributed by atoms with Gasteiger partial charge in [0.2, 0.25) is 0 Å². The Labute approximate surface area is 187 Å². The van der Waals surface area contributed by atoms with Crippen LogP contribution in [0, 0.1) is 10.1 Å². The topological polar surface area (TPSA) is 167 Å². The normalized spacial score (nSPS) is 10.8. The number of nitrogens with two attached hydrogens (primary N) is 1. The predicted octanol–water partition coefficient (Wildman–Crippen LogP) is 4.59. The Hall–Kier alpha value is -5.00. The average Bonchev–Trinajstić information content (AvgIpc) is 2.84. The van der Waals surface area contributed by atoms with Crippen molar-refractivity contribution < 1.29 is 9.66 Å². The molecule has 0 fully saturated rings. The summed E-state index contributed by atoms with van der Waals surface area (Å²) in [4.78, 5) is 27.5. The molecule has 3 N–H and O–H groups in total. The molecule has 0 atom stereocenters. The van der Waals surface area contributed by atoms with Crippen molar-refractivity contribution in [3.8, 4) is 17.3 Å². The zero-order chi connectivity index (χ0) is 23.2. The highest BCUT2D eigenvalue weighted by Gasteiger charge is 2.16. The Morgan fingerprint density at radius 2 is 1.91 bits per heavy atom. The van der Waals surface area contributed by atoms with E-state index >= 15 is 0 Å². The third kappa shape index (κ3) is 4.85. The van der Waals surface area contributed by atoms with Crippen LogP contribution in [0.15, 0.2) is 77.3 Å². The standard InChI is InChI=1S/C21H17N9O3/c1-33-17-11-14(30(31)32)7-8-15(17)28-29-18-19(22)26-20(16-12-23-9-10-24-16)27-21(18)25-13-5-3-2-4-6-13/h2-12H,1H3,(H3,22,25,26,27)/b29-28+. The van der Waals surface area contributed by atoms with Crippen LogP contribution in [0.1, 0.15) is 0 Å². The van der Waals surface area contributed by atoms with E-state index in [-0.39, 0.29) is 34.5 Å². The molecule has 0 radical (unpaired) electrons. The summed E-state index contributed by atoms with van der Waals surface area (Å²) >= 11 is 0. The van der Waals surface area contributed by atoms with Crippen molar-refractivity contribution in [2.75, 3.05) is 18.2 Å². The molecule has 0 amide bonds. The van der Waals surface area contributed by atoms with Gasteiger partial charge in [-0.05, 0) is 18.2 Å². The maximum atomic E-state index is 11.0. The molecule has 0 bridgehead atoms. The Morgan fingerprint density at radius 3 is 2.61 bits per heavy atom. The zero-order valence-electron chi connectivity index (χ0n) is 17.3. The van der Waals surface area contributed by atoms with Crippen LogP contribution >= 0.6 is 0 Å². The summed E-state index contributed by atoms with van der Waals surface area (Å²) in [6.45, 7) is 0. The fourth-order valence-corrected chi connectivity index (χ4v) is 2.81. The van der Waals surface area contributed by atoms with Crippen molar-refractivity contribution in [2.24, 2.45) is 10.2 Å². The van der Waals surface area contributed by atoms with Crippen LogP contribution in [0.3, 0.4) is 0 Å². The molecule has 164 valence electrons. The number of nitrogens with zero attached hydrogens (tertiary/aromatic N) is 7. The highest BCUT2D eigenvalue weighted by molar-refractivity contribution is 5.78. The van der Waals surface area contributed by atoms with Crippen LogP contribution in [0.2, 0.25) is 0 Å². The molecule has 0 saturated carbocycles. The summed E-state index contributed by atoms with van der Waals surface area (Å²) < 4.78 is 5.21. The fraction of sp³-hybridized carbons (Fsp3) is 0.0476. The molecule has 2 aromatic carbocycles. The molecule has 4 rings (SSSR count). The number of hydrogen-bond acceptors (Lipinski definition) is 11. The van der Waals surface area contributed by atoms with Gasteiger partial charge in [-0.2, -0.15) is 0 Å². The van der Waals surface area contributed by atoms with Gasteiger partial charge in [-0.3, -0.25) is 15.1 Å². The fourth-order valence-electron chi connectivity index (χ4n) is 2.81. The Balaban J connectivity index is 1.78. The van der Waals surface area contributed by atoms with Gasteiger partial charge in [0, 0.05) is 24.1 Å². The van der Waals surface area contributed by atoms with E-state index in [0.29, 0.717) is 11.5 Å². The molecule has 0 spiro atoms. The summed E-state index contributed by atoms with van der Waals surface area (Å²) in [5.41, 5.74) is 7.68. The number of rotatable bonds is 7. The smallest absolute Gasteiger partial charge is 0.273 e. The quantitative estimate of drug-likeness (QED) is 0.236. The van der Waals surface area contributed by atoms with E-state index in [4.69, 9.17) is 10.5 Å². The molecule has 2 aromatic heterocycles. The summed E-state index contributed by atoms with van der Waals surface area (Å²) in [6, 6.07) is 13.3. The van der Waals surface area contributed by atoms with E-state index in [1.54, 1.807) is 0 Å². The summed E-state index contributed by atoms with van der Waals surface area (Å²) in [5.74, 6) is 0.778. The van der Waals surface area contributed by atoms with Crippen LogP contribution in [-0.2, 0) is 0 Å². The van der Waals surface area contributed by atoms with Crippen molar-refractivity contribution in [3.05, 3.63) is 77.2 Å². The Kier molecular flexibility index (Phi) is 6.07. The van der Waals surface area contributed by atoms with Crippen molar-refractivity contribution >= 4 is 34.4 Å². The second kappa shape index (κ2) is 9.43. The van der Waals surface area contributed by atoms with Crippen molar-refractivity contribution in [2.45, 2.75) is 0 Å². The van der Waals surface area contributed by atoms with Gasteiger partial charge in [0.25, 0.3) is 5.69 Å². The lowest BCUT2D eigenvalue weighted by Crippen LogP contribution is -2.03. The van der Waals surface area contributed by atoms with Gasteiger partial charge < -0.3 is 15.8 Å². The first kappa shape index (κ1) is 21.2. The van der Waals surface area contributed by atoms with Crippen molar-refractivity contribution in [1.82, 2.24) is 19.9 Å². The van der Waals surface area contributed by atoms with Gasteiger partial charge in [0.15, 0.2) is 28.9 Å². The number of nitro benzene ring substituents is 1. The number of aromatic nitrogens is 4. The number of hydrogen-bond donors (Lipinski definition) is 2. The van der Waals surface area contributed by atoms with E-state index in [0.717, 1.165) is 5.69 Å². The summed E-state index contributed by atoms with van der Waals surface area (Å²) in [5, 5.41) is 22.6. The number of azo groups is 1. The van der Waals surface area contributed by atoms with E-state index in [9.17, 15) is 10.1 Å².